The van der Waals surface area contributed by atoms with Crippen LogP contribution in [0.2, 0.25) is 0 Å². The van der Waals surface area contributed by atoms with Crippen molar-refractivity contribution in [2.75, 3.05) is 6.26 Å². The molecule has 2 heterocycles. The molecule has 206 valence electrons. The Morgan fingerprint density at radius 3 is 2.38 bits per heavy atom. The number of thioether (sulfide) groups is 1. The van der Waals surface area contributed by atoms with E-state index in [1.807, 2.05) is 20.8 Å². The van der Waals surface area contributed by atoms with Gasteiger partial charge in [-0.15, -0.1) is 11.8 Å². The van der Waals surface area contributed by atoms with Crippen molar-refractivity contribution in [3.63, 3.8) is 0 Å². The van der Waals surface area contributed by atoms with Gasteiger partial charge in [0, 0.05) is 28.7 Å². The maximum absolute atomic E-state index is 13.9. The van der Waals surface area contributed by atoms with Crippen LogP contribution in [-0.2, 0) is 23.9 Å². The summed E-state index contributed by atoms with van der Waals surface area (Å²) in [6, 6.07) is 0. The Balaban J connectivity index is 1.74. The highest BCUT2D eigenvalue weighted by atomic mass is 32.2. The number of Topliss-reactive ketones (excluding diaryl/α,β-unsaturated/α-hetero) is 3. The molecule has 4 rings (SSSR count). The molecule has 0 aromatic heterocycles. The Bertz CT molecular complexity index is 1070. The number of rotatable bonds is 6. The second kappa shape index (κ2) is 9.61. The van der Waals surface area contributed by atoms with E-state index in [0.717, 1.165) is 11.8 Å². The summed E-state index contributed by atoms with van der Waals surface area (Å²) in [7, 11) is 0. The SMILES string of the molecule is CCC(C)C(=O)C(C)C1=C(SC)C(=O)C2=C(OC3(C)CCC4OC(C(C)(C)O)CCC4(C)C3C2O)C1=O. The summed E-state index contributed by atoms with van der Waals surface area (Å²) in [5, 5.41) is 22.4. The van der Waals surface area contributed by atoms with Gasteiger partial charge in [-0.3, -0.25) is 14.4 Å². The summed E-state index contributed by atoms with van der Waals surface area (Å²) in [5.41, 5.74) is -2.18. The third-order valence-electron chi connectivity index (χ3n) is 9.57. The van der Waals surface area contributed by atoms with Crippen LogP contribution in [0.1, 0.15) is 80.6 Å². The molecule has 7 nitrogen and oxygen atoms in total. The normalized spacial score (nSPS) is 37.9. The topological polar surface area (TPSA) is 110 Å². The number of carbonyl (C=O) groups is 3. The van der Waals surface area contributed by atoms with Gasteiger partial charge < -0.3 is 19.7 Å². The number of ketones is 3. The molecule has 2 aliphatic heterocycles. The van der Waals surface area contributed by atoms with Crippen LogP contribution in [0, 0.1) is 23.2 Å². The van der Waals surface area contributed by atoms with Gasteiger partial charge in [0.05, 0.1) is 34.4 Å². The molecule has 0 spiro atoms. The van der Waals surface area contributed by atoms with Gasteiger partial charge >= 0.3 is 0 Å². The number of hydrogen-bond donors (Lipinski definition) is 2. The third kappa shape index (κ3) is 4.36. The highest BCUT2D eigenvalue weighted by Crippen LogP contribution is 2.60. The molecule has 8 atom stereocenters. The van der Waals surface area contributed by atoms with Crippen molar-refractivity contribution in [2.45, 2.75) is 110 Å². The van der Waals surface area contributed by atoms with Gasteiger partial charge in [-0.25, -0.2) is 0 Å². The maximum Gasteiger partial charge on any atom is 0.226 e. The lowest BCUT2D eigenvalue weighted by Crippen LogP contribution is -2.66. The summed E-state index contributed by atoms with van der Waals surface area (Å²) in [5.74, 6) is -2.51. The molecule has 37 heavy (non-hydrogen) atoms. The first-order chi connectivity index (χ1) is 17.1. The van der Waals surface area contributed by atoms with Crippen LogP contribution in [0.4, 0.5) is 0 Å². The van der Waals surface area contributed by atoms with Crippen LogP contribution < -0.4 is 0 Å². The summed E-state index contributed by atoms with van der Waals surface area (Å²) in [6.07, 6.45) is 3.11. The minimum atomic E-state index is -1.20. The van der Waals surface area contributed by atoms with E-state index in [1.165, 1.54) is 0 Å². The van der Waals surface area contributed by atoms with E-state index in [0.29, 0.717) is 32.1 Å². The molecule has 0 bridgehead atoms. The van der Waals surface area contributed by atoms with Gasteiger partial charge in [0.15, 0.2) is 5.76 Å². The summed E-state index contributed by atoms with van der Waals surface area (Å²) >= 11 is 1.15. The quantitative estimate of drug-likeness (QED) is 0.489. The number of aliphatic hydroxyl groups excluding tert-OH is 1. The molecule has 0 radical (unpaired) electrons. The van der Waals surface area contributed by atoms with E-state index in [-0.39, 0.29) is 45.7 Å². The Morgan fingerprint density at radius 2 is 1.81 bits per heavy atom. The number of hydrogen-bond acceptors (Lipinski definition) is 8. The van der Waals surface area contributed by atoms with Gasteiger partial charge in [-0.1, -0.05) is 27.7 Å². The smallest absolute Gasteiger partial charge is 0.226 e. The molecular formula is C29H42O7S. The zero-order valence-electron chi connectivity index (χ0n) is 23.3. The molecule has 2 N–H and O–H groups in total. The number of carbonyl (C=O) groups excluding carboxylic acids is 3. The molecular weight excluding hydrogens is 492 g/mol. The predicted molar refractivity (Wildman–Crippen MR) is 142 cm³/mol. The van der Waals surface area contributed by atoms with Crippen LogP contribution in [-0.4, -0.2) is 63.3 Å². The highest BCUT2D eigenvalue weighted by molar-refractivity contribution is 8.03. The van der Waals surface area contributed by atoms with Crippen molar-refractivity contribution in [1.29, 1.82) is 0 Å². The number of aliphatic hydroxyl groups is 2. The number of fused-ring (bicyclic) bond motifs is 3. The third-order valence-corrected chi connectivity index (χ3v) is 10.4. The van der Waals surface area contributed by atoms with Gasteiger partial charge in [0.1, 0.15) is 11.4 Å². The first-order valence-electron chi connectivity index (χ1n) is 13.5. The molecule has 8 heteroatoms. The zero-order chi connectivity index (χ0) is 27.7. The van der Waals surface area contributed by atoms with Crippen molar-refractivity contribution in [3.05, 3.63) is 21.8 Å². The van der Waals surface area contributed by atoms with Gasteiger partial charge in [0.25, 0.3) is 0 Å². The summed E-state index contributed by atoms with van der Waals surface area (Å²) < 4.78 is 12.9. The Hall–Kier alpha value is -1.48. The molecule has 2 fully saturated rings. The van der Waals surface area contributed by atoms with Gasteiger partial charge in [-0.05, 0) is 59.1 Å². The fourth-order valence-corrected chi connectivity index (χ4v) is 7.99. The zero-order valence-corrected chi connectivity index (χ0v) is 24.2. The highest BCUT2D eigenvalue weighted by Gasteiger charge is 2.65. The lowest BCUT2D eigenvalue weighted by atomic mass is 9.52. The van der Waals surface area contributed by atoms with E-state index in [4.69, 9.17) is 9.47 Å². The molecule has 0 aromatic rings. The van der Waals surface area contributed by atoms with E-state index < -0.39 is 46.1 Å². The molecule has 1 saturated heterocycles. The Morgan fingerprint density at radius 1 is 1.16 bits per heavy atom. The predicted octanol–water partition coefficient (Wildman–Crippen LogP) is 4.15. The van der Waals surface area contributed by atoms with Crippen molar-refractivity contribution in [3.8, 4) is 0 Å². The van der Waals surface area contributed by atoms with Gasteiger partial charge in [0.2, 0.25) is 11.6 Å². The van der Waals surface area contributed by atoms with E-state index in [2.05, 4.69) is 6.92 Å². The summed E-state index contributed by atoms with van der Waals surface area (Å²) in [4.78, 5) is 41.0. The van der Waals surface area contributed by atoms with E-state index >= 15 is 0 Å². The molecule has 1 saturated carbocycles. The number of ether oxygens (including phenoxy) is 2. The minimum Gasteiger partial charge on any atom is -0.482 e. The Labute approximate surface area is 224 Å². The average Bonchev–Trinajstić information content (AvgIpc) is 2.82. The second-order valence-electron chi connectivity index (χ2n) is 12.5. The van der Waals surface area contributed by atoms with E-state index in [1.54, 1.807) is 27.0 Å². The molecule has 8 unspecified atom stereocenters. The fraction of sp³-hybridized carbons (Fsp3) is 0.759. The Kier molecular flexibility index (Phi) is 7.41. The van der Waals surface area contributed by atoms with Crippen molar-refractivity contribution < 1.29 is 34.1 Å². The lowest BCUT2D eigenvalue weighted by molar-refractivity contribution is -0.260. The summed E-state index contributed by atoms with van der Waals surface area (Å²) in [6.45, 7) is 12.9. The molecule has 2 aliphatic carbocycles. The van der Waals surface area contributed by atoms with Gasteiger partial charge in [-0.2, -0.15) is 0 Å². The standard InChI is InChI=1S/C29H42O7S/c1-9-14(2)20(30)15(3)18-21(31)24-19(22(32)25(18)37-8)23(33)26-28(6)12-10-16(27(4,5)34)35-17(28)11-13-29(26,7)36-24/h14-17,23,26,33-34H,9-13H2,1-8H3. The fourth-order valence-electron chi connectivity index (χ4n) is 7.21. The van der Waals surface area contributed by atoms with Crippen molar-refractivity contribution >= 4 is 29.1 Å². The minimum absolute atomic E-state index is 0.00949. The van der Waals surface area contributed by atoms with Crippen molar-refractivity contribution in [1.82, 2.24) is 0 Å². The molecule has 4 aliphatic rings. The second-order valence-corrected chi connectivity index (χ2v) is 13.3. The van der Waals surface area contributed by atoms with Crippen LogP contribution in [0.25, 0.3) is 0 Å². The van der Waals surface area contributed by atoms with Crippen LogP contribution in [0.3, 0.4) is 0 Å². The first-order valence-corrected chi connectivity index (χ1v) is 14.7. The van der Waals surface area contributed by atoms with Crippen LogP contribution in [0.5, 0.6) is 0 Å². The number of allylic oxidation sites excluding steroid dienone is 2. The molecule has 0 amide bonds. The van der Waals surface area contributed by atoms with Crippen molar-refractivity contribution in [2.24, 2.45) is 23.2 Å². The maximum atomic E-state index is 13.9. The van der Waals surface area contributed by atoms with E-state index in [9.17, 15) is 24.6 Å². The largest absolute Gasteiger partial charge is 0.482 e. The first kappa shape index (κ1) is 28.5. The van der Waals surface area contributed by atoms with Crippen LogP contribution in [0.15, 0.2) is 21.8 Å². The average molecular weight is 535 g/mol. The monoisotopic (exact) mass is 534 g/mol. The molecule has 0 aromatic carbocycles. The lowest BCUT2D eigenvalue weighted by Gasteiger charge is -2.61. The van der Waals surface area contributed by atoms with Crippen LogP contribution >= 0.6 is 11.8 Å².